The second-order valence-corrected chi connectivity index (χ2v) is 7.54. The Kier molecular flexibility index (Phi) is 6.15. The molecule has 1 fully saturated rings. The minimum Gasteiger partial charge on any atom is -0.461 e. The van der Waals surface area contributed by atoms with Gasteiger partial charge in [0.2, 0.25) is 0 Å². The van der Waals surface area contributed by atoms with Crippen molar-refractivity contribution in [2.24, 2.45) is 0 Å². The molecule has 0 bridgehead atoms. The van der Waals surface area contributed by atoms with Gasteiger partial charge in [-0.05, 0) is 29.7 Å². The molecule has 2 aromatic rings. The fourth-order valence-corrected chi connectivity index (χ4v) is 3.90. The molecule has 0 aromatic heterocycles. The van der Waals surface area contributed by atoms with Gasteiger partial charge in [-0.1, -0.05) is 54.1 Å². The fraction of sp³-hybridized carbons (Fsp3) is 0.364. The van der Waals surface area contributed by atoms with Crippen LogP contribution in [0.15, 0.2) is 54.6 Å². The summed E-state index contributed by atoms with van der Waals surface area (Å²) in [5.74, 6) is -0.312. The minimum atomic E-state index is -0.657. The molecular formula is C22H23ClN2O2. The Hall–Kier alpha value is -2.35. The van der Waals surface area contributed by atoms with Crippen LogP contribution in [0.5, 0.6) is 0 Å². The molecule has 5 heteroatoms. The Bertz CT molecular complexity index is 816. The minimum absolute atomic E-state index is 0.312. The highest BCUT2D eigenvalue weighted by Crippen LogP contribution is 2.36. The summed E-state index contributed by atoms with van der Waals surface area (Å²) in [4.78, 5) is 13.9. The number of ether oxygens (including phenoxy) is 1. The Morgan fingerprint density at radius 3 is 2.59 bits per heavy atom. The molecule has 140 valence electrons. The summed E-state index contributed by atoms with van der Waals surface area (Å²) in [5.41, 5.74) is 1.47. The van der Waals surface area contributed by atoms with Crippen LogP contribution in [0.3, 0.4) is 0 Å². The summed E-state index contributed by atoms with van der Waals surface area (Å²) < 4.78 is 5.58. The van der Waals surface area contributed by atoms with Gasteiger partial charge in [-0.3, -0.25) is 9.69 Å². The first-order valence-corrected chi connectivity index (χ1v) is 9.49. The number of benzene rings is 2. The van der Waals surface area contributed by atoms with E-state index in [1.165, 1.54) is 6.92 Å². The van der Waals surface area contributed by atoms with Crippen LogP contribution in [0.1, 0.15) is 30.9 Å². The van der Waals surface area contributed by atoms with Gasteiger partial charge >= 0.3 is 5.97 Å². The third kappa shape index (κ3) is 4.88. The number of esters is 1. The molecule has 1 aliphatic heterocycles. The molecule has 2 aromatic carbocycles. The van der Waals surface area contributed by atoms with Crippen LogP contribution in [0.25, 0.3) is 0 Å². The van der Waals surface area contributed by atoms with Crippen LogP contribution < -0.4 is 0 Å². The Morgan fingerprint density at radius 1 is 1.26 bits per heavy atom. The summed E-state index contributed by atoms with van der Waals surface area (Å²) in [5, 5.41) is 10.8. The van der Waals surface area contributed by atoms with Crippen molar-refractivity contribution in [2.45, 2.75) is 37.8 Å². The summed E-state index contributed by atoms with van der Waals surface area (Å²) in [6.07, 6.45) is 0.875. The molecule has 0 spiro atoms. The number of rotatable bonds is 4. The Labute approximate surface area is 165 Å². The molecule has 0 amide bonds. The standard InChI is InChI=1S/C22H23ClN2O2/c1-17(26)27-21-13-22(16-24,19-5-3-2-4-6-19)11-12-25(15-21)14-18-7-9-20(23)10-8-18/h2-10,21H,11-15H2,1H3/t21-,22-/m0/s1. The number of hydrogen-bond acceptors (Lipinski definition) is 4. The number of nitrogens with zero attached hydrogens (tertiary/aromatic N) is 2. The van der Waals surface area contributed by atoms with E-state index in [0.717, 1.165) is 24.2 Å². The summed E-state index contributed by atoms with van der Waals surface area (Å²) in [7, 11) is 0. The molecule has 4 nitrogen and oxygen atoms in total. The second kappa shape index (κ2) is 8.56. The van der Waals surface area contributed by atoms with E-state index in [9.17, 15) is 10.1 Å². The molecule has 1 heterocycles. The molecule has 0 unspecified atom stereocenters. The largest absolute Gasteiger partial charge is 0.461 e. The van der Waals surface area contributed by atoms with E-state index < -0.39 is 5.41 Å². The Morgan fingerprint density at radius 2 is 1.96 bits per heavy atom. The lowest BCUT2D eigenvalue weighted by atomic mass is 9.75. The van der Waals surface area contributed by atoms with E-state index in [-0.39, 0.29) is 12.1 Å². The van der Waals surface area contributed by atoms with E-state index in [4.69, 9.17) is 16.3 Å². The van der Waals surface area contributed by atoms with Crippen LogP contribution >= 0.6 is 11.6 Å². The van der Waals surface area contributed by atoms with E-state index in [0.29, 0.717) is 24.4 Å². The quantitative estimate of drug-likeness (QED) is 0.738. The molecule has 27 heavy (non-hydrogen) atoms. The fourth-order valence-electron chi connectivity index (χ4n) is 3.77. The highest BCUT2D eigenvalue weighted by atomic mass is 35.5. The number of halogens is 1. The molecule has 0 N–H and O–H groups in total. The van der Waals surface area contributed by atoms with E-state index in [1.807, 2.05) is 54.6 Å². The van der Waals surface area contributed by atoms with Gasteiger partial charge in [-0.2, -0.15) is 5.26 Å². The average Bonchev–Trinajstić information content (AvgIpc) is 2.84. The highest BCUT2D eigenvalue weighted by Gasteiger charge is 2.39. The molecule has 0 aliphatic carbocycles. The van der Waals surface area contributed by atoms with Gasteiger partial charge in [-0.25, -0.2) is 0 Å². The lowest BCUT2D eigenvalue weighted by Crippen LogP contribution is -2.34. The third-order valence-electron chi connectivity index (χ3n) is 5.09. The van der Waals surface area contributed by atoms with E-state index in [1.54, 1.807) is 0 Å². The maximum Gasteiger partial charge on any atom is 0.302 e. The Balaban J connectivity index is 1.85. The van der Waals surface area contributed by atoms with Gasteiger partial charge in [-0.15, -0.1) is 0 Å². The van der Waals surface area contributed by atoms with Gasteiger partial charge in [0.1, 0.15) is 6.10 Å². The van der Waals surface area contributed by atoms with Gasteiger partial charge in [0, 0.05) is 38.0 Å². The summed E-state index contributed by atoms with van der Waals surface area (Å²) in [6, 6.07) is 20.1. The zero-order valence-corrected chi connectivity index (χ0v) is 16.2. The number of likely N-dealkylation sites (tertiary alicyclic amines) is 1. The normalized spacial score (nSPS) is 23.2. The molecular weight excluding hydrogens is 360 g/mol. The van der Waals surface area contributed by atoms with Crippen LogP contribution in [0.2, 0.25) is 5.02 Å². The zero-order valence-electron chi connectivity index (χ0n) is 15.4. The van der Waals surface area contributed by atoms with Crippen molar-refractivity contribution in [2.75, 3.05) is 13.1 Å². The lowest BCUT2D eigenvalue weighted by Gasteiger charge is -2.27. The zero-order chi connectivity index (χ0) is 19.3. The van der Waals surface area contributed by atoms with Gasteiger partial charge in [0.25, 0.3) is 0 Å². The topological polar surface area (TPSA) is 53.3 Å². The maximum atomic E-state index is 11.6. The number of carbonyl (C=O) groups is 1. The first kappa shape index (κ1) is 19.4. The second-order valence-electron chi connectivity index (χ2n) is 7.11. The predicted molar refractivity (Wildman–Crippen MR) is 105 cm³/mol. The first-order valence-electron chi connectivity index (χ1n) is 9.11. The van der Waals surface area contributed by atoms with Crippen LogP contribution in [-0.2, 0) is 21.5 Å². The van der Waals surface area contributed by atoms with Crippen LogP contribution in [-0.4, -0.2) is 30.1 Å². The summed E-state index contributed by atoms with van der Waals surface area (Å²) in [6.45, 7) is 3.51. The smallest absolute Gasteiger partial charge is 0.302 e. The van der Waals surface area contributed by atoms with Crippen molar-refractivity contribution in [3.05, 3.63) is 70.7 Å². The number of hydrogen-bond donors (Lipinski definition) is 0. The maximum absolute atomic E-state index is 11.6. The third-order valence-corrected chi connectivity index (χ3v) is 5.34. The van der Waals surface area contributed by atoms with E-state index in [2.05, 4.69) is 11.0 Å². The van der Waals surface area contributed by atoms with Gasteiger partial charge in [0.05, 0.1) is 11.5 Å². The van der Waals surface area contributed by atoms with Crippen LogP contribution in [0.4, 0.5) is 0 Å². The first-order chi connectivity index (χ1) is 13.0. The SMILES string of the molecule is CC(=O)O[C@@H]1CN(Cc2ccc(Cl)cc2)CC[C@](C#N)(c2ccccc2)C1. The van der Waals surface area contributed by atoms with Gasteiger partial charge < -0.3 is 4.74 Å². The van der Waals surface area contributed by atoms with Crippen molar-refractivity contribution >= 4 is 17.6 Å². The number of nitriles is 1. The molecule has 2 atom stereocenters. The average molecular weight is 383 g/mol. The lowest BCUT2D eigenvalue weighted by molar-refractivity contribution is -0.147. The summed E-state index contributed by atoms with van der Waals surface area (Å²) >= 11 is 5.98. The highest BCUT2D eigenvalue weighted by molar-refractivity contribution is 6.30. The van der Waals surface area contributed by atoms with Crippen molar-refractivity contribution in [3.63, 3.8) is 0 Å². The molecule has 0 saturated carbocycles. The van der Waals surface area contributed by atoms with Crippen molar-refractivity contribution in [3.8, 4) is 6.07 Å². The molecule has 1 aliphatic rings. The van der Waals surface area contributed by atoms with Crippen LogP contribution in [0, 0.1) is 11.3 Å². The van der Waals surface area contributed by atoms with Crippen molar-refractivity contribution in [1.82, 2.24) is 4.90 Å². The molecule has 3 rings (SSSR count). The monoisotopic (exact) mass is 382 g/mol. The van der Waals surface area contributed by atoms with Crippen molar-refractivity contribution < 1.29 is 9.53 Å². The van der Waals surface area contributed by atoms with Gasteiger partial charge in [0.15, 0.2) is 0 Å². The molecule has 0 radical (unpaired) electrons. The number of carbonyl (C=O) groups excluding carboxylic acids is 1. The predicted octanol–water partition coefficient (Wildman–Crippen LogP) is 4.33. The van der Waals surface area contributed by atoms with E-state index >= 15 is 0 Å². The molecule has 1 saturated heterocycles. The van der Waals surface area contributed by atoms with Crippen molar-refractivity contribution in [1.29, 1.82) is 5.26 Å².